The standard InChI is InChI=1S/C28H32NO5P/c1-6-33-35(30,34-7-2)28-24-19-27(32-5)26(31-4)18-23(24)25(17-21-11-9-8-10-12-21)29(28)22-15-13-20(3)14-16-22/h8-16,18-19H,6-7,17H2,1-5H3. The van der Waals surface area contributed by atoms with E-state index in [1.165, 1.54) is 0 Å². The van der Waals surface area contributed by atoms with Gasteiger partial charge in [-0.25, -0.2) is 0 Å². The smallest absolute Gasteiger partial charge is 0.378 e. The van der Waals surface area contributed by atoms with E-state index in [0.29, 0.717) is 23.4 Å². The molecule has 0 N–H and O–H groups in total. The second kappa shape index (κ2) is 10.7. The number of methoxy groups -OCH3 is 2. The molecule has 4 aromatic rings. The second-order valence-corrected chi connectivity index (χ2v) is 10.1. The lowest BCUT2D eigenvalue weighted by atomic mass is 10.1. The van der Waals surface area contributed by atoms with Gasteiger partial charge in [-0.2, -0.15) is 0 Å². The summed E-state index contributed by atoms with van der Waals surface area (Å²) >= 11 is 0. The first kappa shape index (κ1) is 25.1. The van der Waals surface area contributed by atoms with E-state index >= 15 is 0 Å². The Balaban J connectivity index is 2.16. The lowest BCUT2D eigenvalue weighted by Gasteiger charge is -2.21. The molecule has 1 aromatic heterocycles. The molecule has 0 fully saturated rings. The second-order valence-electron chi connectivity index (χ2n) is 8.19. The fraction of sp³-hybridized carbons (Fsp3) is 0.286. The molecule has 0 saturated heterocycles. The van der Waals surface area contributed by atoms with Crippen LogP contribution in [-0.4, -0.2) is 32.0 Å². The molecule has 0 saturated carbocycles. The number of hydrogen-bond donors (Lipinski definition) is 0. The average molecular weight is 494 g/mol. The lowest BCUT2D eigenvalue weighted by Crippen LogP contribution is -2.21. The first-order valence-electron chi connectivity index (χ1n) is 11.8. The van der Waals surface area contributed by atoms with Crippen molar-refractivity contribution in [2.75, 3.05) is 27.4 Å². The molecule has 7 heteroatoms. The van der Waals surface area contributed by atoms with E-state index in [1.807, 2.05) is 79.9 Å². The van der Waals surface area contributed by atoms with Gasteiger partial charge in [0, 0.05) is 28.6 Å². The summed E-state index contributed by atoms with van der Waals surface area (Å²) in [5.74, 6) is 1.15. The summed E-state index contributed by atoms with van der Waals surface area (Å²) in [7, 11) is -0.495. The maximum absolute atomic E-state index is 14.4. The molecule has 0 aliphatic carbocycles. The molecule has 0 unspecified atom stereocenters. The van der Waals surface area contributed by atoms with Crippen molar-refractivity contribution >= 4 is 23.8 Å². The number of rotatable bonds is 10. The Morgan fingerprint density at radius 3 is 1.91 bits per heavy atom. The largest absolute Gasteiger partial charge is 0.493 e. The van der Waals surface area contributed by atoms with Gasteiger partial charge in [-0.05, 0) is 50.6 Å². The highest BCUT2D eigenvalue weighted by atomic mass is 31.2. The molecular formula is C28H32NO5P. The Morgan fingerprint density at radius 2 is 1.37 bits per heavy atom. The molecule has 3 aromatic carbocycles. The number of benzene rings is 3. The number of ether oxygens (including phenoxy) is 2. The third-order valence-electron chi connectivity index (χ3n) is 5.92. The minimum Gasteiger partial charge on any atom is -0.493 e. The van der Waals surface area contributed by atoms with Crippen LogP contribution in [0.3, 0.4) is 0 Å². The molecule has 6 nitrogen and oxygen atoms in total. The lowest BCUT2D eigenvalue weighted by molar-refractivity contribution is 0.229. The van der Waals surface area contributed by atoms with Gasteiger partial charge in [-0.3, -0.25) is 4.57 Å². The fourth-order valence-corrected chi connectivity index (χ4v) is 6.34. The van der Waals surface area contributed by atoms with Crippen LogP contribution in [-0.2, 0) is 20.0 Å². The monoisotopic (exact) mass is 493 g/mol. The number of fused-ring (bicyclic) bond motifs is 1. The maximum Gasteiger partial charge on any atom is 0.378 e. The third-order valence-corrected chi connectivity index (χ3v) is 8.08. The van der Waals surface area contributed by atoms with Crippen LogP contribution < -0.4 is 14.9 Å². The molecule has 0 radical (unpaired) electrons. The van der Waals surface area contributed by atoms with Gasteiger partial charge < -0.3 is 23.1 Å². The van der Waals surface area contributed by atoms with Gasteiger partial charge in [0.1, 0.15) is 5.44 Å². The first-order valence-corrected chi connectivity index (χ1v) is 13.3. The van der Waals surface area contributed by atoms with Gasteiger partial charge >= 0.3 is 7.60 Å². The minimum atomic E-state index is -3.70. The van der Waals surface area contributed by atoms with E-state index in [0.717, 1.165) is 33.3 Å². The molecule has 0 aliphatic heterocycles. The Kier molecular flexibility index (Phi) is 7.66. The number of aromatic nitrogens is 1. The predicted octanol–water partition coefficient (Wildman–Crippen LogP) is 6.44. The van der Waals surface area contributed by atoms with Gasteiger partial charge in [0.15, 0.2) is 11.5 Å². The molecule has 0 aliphatic rings. The highest BCUT2D eigenvalue weighted by Gasteiger charge is 2.36. The maximum atomic E-state index is 14.4. The van der Waals surface area contributed by atoms with Crippen LogP contribution in [0.4, 0.5) is 0 Å². The summed E-state index contributed by atoms with van der Waals surface area (Å²) in [6.07, 6.45) is 0.610. The van der Waals surface area contributed by atoms with Gasteiger partial charge in [0.05, 0.1) is 27.4 Å². The Labute approximate surface area is 206 Å². The number of aryl methyl sites for hydroxylation is 1. The normalized spacial score (nSPS) is 11.7. The highest BCUT2D eigenvalue weighted by molar-refractivity contribution is 7.62. The first-order chi connectivity index (χ1) is 17.0. The zero-order chi connectivity index (χ0) is 25.0. The van der Waals surface area contributed by atoms with Crippen molar-refractivity contribution in [3.05, 3.63) is 83.6 Å². The quantitative estimate of drug-likeness (QED) is 0.238. The molecule has 1 heterocycles. The summed E-state index contributed by atoms with van der Waals surface area (Å²) < 4.78 is 39.4. The van der Waals surface area contributed by atoms with E-state index in [4.69, 9.17) is 18.5 Å². The van der Waals surface area contributed by atoms with Crippen LogP contribution >= 0.6 is 7.60 Å². The van der Waals surface area contributed by atoms with Crippen molar-refractivity contribution < 1.29 is 23.1 Å². The van der Waals surface area contributed by atoms with Crippen molar-refractivity contribution in [3.63, 3.8) is 0 Å². The Morgan fingerprint density at radius 1 is 0.800 bits per heavy atom. The average Bonchev–Trinajstić information content (AvgIpc) is 3.18. The molecular weight excluding hydrogens is 461 g/mol. The van der Waals surface area contributed by atoms with Gasteiger partial charge in [-0.1, -0.05) is 48.0 Å². The van der Waals surface area contributed by atoms with Gasteiger partial charge in [-0.15, -0.1) is 0 Å². The van der Waals surface area contributed by atoms with Crippen molar-refractivity contribution in [2.24, 2.45) is 0 Å². The van der Waals surface area contributed by atoms with Crippen LogP contribution in [0.25, 0.3) is 16.5 Å². The van der Waals surface area contributed by atoms with Crippen molar-refractivity contribution in [1.29, 1.82) is 0 Å². The molecule has 0 spiro atoms. The zero-order valence-electron chi connectivity index (χ0n) is 20.9. The van der Waals surface area contributed by atoms with Crippen LogP contribution in [0, 0.1) is 6.92 Å². The summed E-state index contributed by atoms with van der Waals surface area (Å²) in [5, 5.41) is 1.65. The van der Waals surface area contributed by atoms with Crippen LogP contribution in [0.1, 0.15) is 30.7 Å². The molecule has 0 bridgehead atoms. The van der Waals surface area contributed by atoms with E-state index < -0.39 is 7.60 Å². The number of hydrogen-bond acceptors (Lipinski definition) is 5. The minimum absolute atomic E-state index is 0.249. The molecule has 184 valence electrons. The highest BCUT2D eigenvalue weighted by Crippen LogP contribution is 2.51. The summed E-state index contributed by atoms with van der Waals surface area (Å²) in [5.41, 5.74) is 4.60. The summed E-state index contributed by atoms with van der Waals surface area (Å²) in [6, 6.07) is 22.2. The fourth-order valence-electron chi connectivity index (χ4n) is 4.38. The molecule has 0 amide bonds. The van der Waals surface area contributed by atoms with Crippen molar-refractivity contribution in [2.45, 2.75) is 27.2 Å². The molecule has 0 atom stereocenters. The third kappa shape index (κ3) is 4.87. The van der Waals surface area contributed by atoms with E-state index in [-0.39, 0.29) is 13.2 Å². The zero-order valence-corrected chi connectivity index (χ0v) is 21.8. The Bertz CT molecular complexity index is 1340. The topological polar surface area (TPSA) is 58.9 Å². The van der Waals surface area contributed by atoms with Crippen LogP contribution in [0.2, 0.25) is 0 Å². The predicted molar refractivity (Wildman–Crippen MR) is 141 cm³/mol. The SMILES string of the molecule is CCOP(=O)(OCC)c1c2cc(OC)c(OC)cc2c(Cc2ccccc2)n1-c1ccc(C)cc1. The van der Waals surface area contributed by atoms with Crippen LogP contribution in [0.15, 0.2) is 66.7 Å². The van der Waals surface area contributed by atoms with E-state index in [1.54, 1.807) is 14.2 Å². The van der Waals surface area contributed by atoms with Crippen molar-refractivity contribution in [3.8, 4) is 17.2 Å². The summed E-state index contributed by atoms with van der Waals surface area (Å²) in [4.78, 5) is 0. The number of nitrogens with zero attached hydrogens (tertiary/aromatic N) is 1. The van der Waals surface area contributed by atoms with Crippen molar-refractivity contribution in [1.82, 2.24) is 4.57 Å². The molecule has 4 rings (SSSR count). The van der Waals surface area contributed by atoms with Gasteiger partial charge in [0.2, 0.25) is 0 Å². The van der Waals surface area contributed by atoms with E-state index in [2.05, 4.69) is 12.1 Å². The van der Waals surface area contributed by atoms with Crippen LogP contribution in [0.5, 0.6) is 11.5 Å². The molecule has 35 heavy (non-hydrogen) atoms. The van der Waals surface area contributed by atoms with E-state index in [9.17, 15) is 4.57 Å². The summed E-state index contributed by atoms with van der Waals surface area (Å²) in [6.45, 7) is 6.18. The Hall–Kier alpha value is -3.05. The van der Waals surface area contributed by atoms with Gasteiger partial charge in [0.25, 0.3) is 0 Å².